The molecule has 0 aromatic heterocycles. The third-order valence-corrected chi connectivity index (χ3v) is 3.67. The van der Waals surface area contributed by atoms with Crippen LogP contribution in [0.5, 0.6) is 0 Å². The molecule has 2 heterocycles. The van der Waals surface area contributed by atoms with Crippen LogP contribution in [0.1, 0.15) is 19.8 Å². The van der Waals surface area contributed by atoms with E-state index in [1.807, 2.05) is 5.01 Å². The minimum absolute atomic E-state index is 0.168. The van der Waals surface area contributed by atoms with Gasteiger partial charge < -0.3 is 10.1 Å². The minimum Gasteiger partial charge on any atom is -0.379 e. The van der Waals surface area contributed by atoms with Crippen molar-refractivity contribution in [2.24, 2.45) is 5.41 Å². The van der Waals surface area contributed by atoms with Crippen molar-refractivity contribution in [1.82, 2.24) is 15.8 Å². The van der Waals surface area contributed by atoms with Crippen molar-refractivity contribution in [3.63, 3.8) is 0 Å². The second-order valence-electron chi connectivity index (χ2n) is 4.60. The van der Waals surface area contributed by atoms with Gasteiger partial charge in [0.05, 0.1) is 18.6 Å². The molecule has 2 aliphatic heterocycles. The van der Waals surface area contributed by atoms with Crippen LogP contribution in [0.3, 0.4) is 0 Å². The highest BCUT2D eigenvalue weighted by molar-refractivity contribution is 5.82. The van der Waals surface area contributed by atoms with Gasteiger partial charge in [-0.05, 0) is 19.4 Å². The molecule has 2 fully saturated rings. The van der Waals surface area contributed by atoms with E-state index in [1.165, 1.54) is 0 Å². The van der Waals surface area contributed by atoms with Crippen LogP contribution < -0.4 is 10.7 Å². The lowest BCUT2D eigenvalue weighted by Gasteiger charge is -2.32. The summed E-state index contributed by atoms with van der Waals surface area (Å²) in [6, 6.07) is 0. The highest BCUT2D eigenvalue weighted by Gasteiger charge is 2.40. The number of hydrazine groups is 1. The van der Waals surface area contributed by atoms with Gasteiger partial charge in [-0.25, -0.2) is 5.01 Å². The zero-order chi connectivity index (χ0) is 11.4. The molecule has 5 nitrogen and oxygen atoms in total. The first-order valence-electron chi connectivity index (χ1n) is 6.11. The molecule has 2 saturated heterocycles. The summed E-state index contributed by atoms with van der Waals surface area (Å²) in [5, 5.41) is 5.25. The van der Waals surface area contributed by atoms with E-state index >= 15 is 0 Å². The Morgan fingerprint density at radius 1 is 1.50 bits per heavy atom. The molecular formula is C11H21N3O2. The summed E-state index contributed by atoms with van der Waals surface area (Å²) in [5.41, 5.74) is 2.83. The Morgan fingerprint density at radius 2 is 2.25 bits per heavy atom. The maximum atomic E-state index is 12.2. The summed E-state index contributed by atoms with van der Waals surface area (Å²) in [7, 11) is 0. The van der Waals surface area contributed by atoms with Crippen molar-refractivity contribution in [3.8, 4) is 0 Å². The normalized spacial score (nSPS) is 31.6. The highest BCUT2D eigenvalue weighted by atomic mass is 16.5. The molecule has 2 rings (SSSR count). The molecule has 0 bridgehead atoms. The summed E-state index contributed by atoms with van der Waals surface area (Å²) >= 11 is 0. The molecule has 16 heavy (non-hydrogen) atoms. The number of hydrogen-bond donors (Lipinski definition) is 2. The van der Waals surface area contributed by atoms with Crippen LogP contribution in [0.25, 0.3) is 0 Å². The summed E-state index contributed by atoms with van der Waals surface area (Å²) in [6.07, 6.45) is 1.84. The first-order chi connectivity index (χ1) is 7.77. The molecule has 2 aliphatic rings. The number of nitrogens with one attached hydrogen (secondary N) is 2. The van der Waals surface area contributed by atoms with Gasteiger partial charge in [-0.2, -0.15) is 0 Å². The number of nitrogens with zero attached hydrogens (tertiary/aromatic N) is 1. The van der Waals surface area contributed by atoms with E-state index in [4.69, 9.17) is 4.74 Å². The summed E-state index contributed by atoms with van der Waals surface area (Å²) in [4.78, 5) is 12.2. The van der Waals surface area contributed by atoms with Gasteiger partial charge in [-0.1, -0.05) is 6.92 Å². The lowest BCUT2D eigenvalue weighted by atomic mass is 9.83. The van der Waals surface area contributed by atoms with Crippen molar-refractivity contribution in [2.75, 3.05) is 39.4 Å². The lowest BCUT2D eigenvalue weighted by Crippen LogP contribution is -2.53. The molecule has 2 N–H and O–H groups in total. The van der Waals surface area contributed by atoms with E-state index in [2.05, 4.69) is 17.7 Å². The minimum atomic E-state index is -0.196. The fraction of sp³-hybridized carbons (Fsp3) is 0.909. The van der Waals surface area contributed by atoms with Gasteiger partial charge in [-0.15, -0.1) is 0 Å². The Labute approximate surface area is 96.5 Å². The average Bonchev–Trinajstić information content (AvgIpc) is 2.80. The Kier molecular flexibility index (Phi) is 3.78. The number of morpholine rings is 1. The molecular weight excluding hydrogens is 206 g/mol. The molecule has 92 valence electrons. The molecule has 0 saturated carbocycles. The van der Waals surface area contributed by atoms with Crippen molar-refractivity contribution in [2.45, 2.75) is 19.8 Å². The third kappa shape index (κ3) is 2.36. The summed E-state index contributed by atoms with van der Waals surface area (Å²) < 4.78 is 5.25. The van der Waals surface area contributed by atoms with Gasteiger partial charge >= 0.3 is 0 Å². The van der Waals surface area contributed by atoms with Gasteiger partial charge in [0.1, 0.15) is 0 Å². The quantitative estimate of drug-likeness (QED) is 0.697. The van der Waals surface area contributed by atoms with Gasteiger partial charge in [0.15, 0.2) is 0 Å². The number of carbonyl (C=O) groups is 1. The van der Waals surface area contributed by atoms with Gasteiger partial charge in [-0.3, -0.25) is 10.2 Å². The second-order valence-corrected chi connectivity index (χ2v) is 4.60. The van der Waals surface area contributed by atoms with Gasteiger partial charge in [0.25, 0.3) is 0 Å². The largest absolute Gasteiger partial charge is 0.379 e. The van der Waals surface area contributed by atoms with Crippen LogP contribution in [0, 0.1) is 5.41 Å². The Morgan fingerprint density at radius 3 is 2.81 bits per heavy atom. The maximum Gasteiger partial charge on any atom is 0.241 e. The molecule has 5 heteroatoms. The topological polar surface area (TPSA) is 53.6 Å². The molecule has 1 unspecified atom stereocenters. The summed E-state index contributed by atoms with van der Waals surface area (Å²) in [5.74, 6) is 0.168. The van der Waals surface area contributed by atoms with Gasteiger partial charge in [0.2, 0.25) is 5.91 Å². The van der Waals surface area contributed by atoms with Crippen molar-refractivity contribution < 1.29 is 9.53 Å². The molecule has 0 spiro atoms. The molecule has 1 amide bonds. The van der Waals surface area contributed by atoms with E-state index < -0.39 is 0 Å². The molecule has 0 aromatic rings. The fourth-order valence-corrected chi connectivity index (χ4v) is 2.34. The maximum absolute atomic E-state index is 12.2. The smallest absolute Gasteiger partial charge is 0.241 e. The monoisotopic (exact) mass is 227 g/mol. The predicted molar refractivity (Wildman–Crippen MR) is 60.7 cm³/mol. The lowest BCUT2D eigenvalue weighted by molar-refractivity contribution is -0.137. The Hall–Kier alpha value is -0.650. The summed E-state index contributed by atoms with van der Waals surface area (Å²) in [6.45, 7) is 6.84. The zero-order valence-electron chi connectivity index (χ0n) is 9.92. The molecule has 0 radical (unpaired) electrons. The number of amides is 1. The third-order valence-electron chi connectivity index (χ3n) is 3.67. The van der Waals surface area contributed by atoms with E-state index in [0.29, 0.717) is 13.2 Å². The van der Waals surface area contributed by atoms with Crippen molar-refractivity contribution in [3.05, 3.63) is 0 Å². The van der Waals surface area contributed by atoms with E-state index in [9.17, 15) is 4.79 Å². The van der Waals surface area contributed by atoms with Crippen molar-refractivity contribution in [1.29, 1.82) is 0 Å². The Balaban J connectivity index is 1.90. The fourth-order valence-electron chi connectivity index (χ4n) is 2.34. The van der Waals surface area contributed by atoms with Crippen LogP contribution in [-0.4, -0.2) is 50.3 Å². The van der Waals surface area contributed by atoms with Crippen LogP contribution in [0.2, 0.25) is 0 Å². The van der Waals surface area contributed by atoms with Crippen LogP contribution in [0.4, 0.5) is 0 Å². The SMILES string of the molecule is CCC1(C(=O)NN2CCOCC2)CCNC1. The zero-order valence-corrected chi connectivity index (χ0v) is 9.92. The van der Waals surface area contributed by atoms with E-state index in [-0.39, 0.29) is 11.3 Å². The average molecular weight is 227 g/mol. The van der Waals surface area contributed by atoms with E-state index in [0.717, 1.165) is 39.0 Å². The van der Waals surface area contributed by atoms with Crippen molar-refractivity contribution >= 4 is 5.91 Å². The van der Waals surface area contributed by atoms with Gasteiger partial charge in [0, 0.05) is 19.6 Å². The van der Waals surface area contributed by atoms with E-state index in [1.54, 1.807) is 0 Å². The number of ether oxygens (including phenoxy) is 1. The van der Waals surface area contributed by atoms with Crippen LogP contribution in [-0.2, 0) is 9.53 Å². The number of rotatable bonds is 3. The van der Waals surface area contributed by atoms with Crippen LogP contribution in [0.15, 0.2) is 0 Å². The Bertz CT molecular complexity index is 246. The predicted octanol–water partition coefficient (Wildman–Crippen LogP) is -0.260. The first-order valence-corrected chi connectivity index (χ1v) is 6.11. The van der Waals surface area contributed by atoms with Crippen LogP contribution >= 0.6 is 0 Å². The number of carbonyl (C=O) groups excluding carboxylic acids is 1. The molecule has 0 aliphatic carbocycles. The second kappa shape index (κ2) is 5.12. The molecule has 0 aromatic carbocycles. The first kappa shape index (κ1) is 11.8. The molecule has 1 atom stereocenters. The standard InChI is InChI=1S/C11H21N3O2/c1-2-11(3-4-12-9-11)10(15)13-14-5-7-16-8-6-14/h12H,2-9H2,1H3,(H,13,15). The number of hydrogen-bond acceptors (Lipinski definition) is 4. The highest BCUT2D eigenvalue weighted by Crippen LogP contribution is 2.29.